The monoisotopic (exact) mass is 384 g/mol. The standard InChI is InChI=1S/C26H41P/c1-2-4-24(5-3-1)27(25-12-18-6-19(13-25)8-20(7-18)14-25)26-15-21-9-22(16-26)11-23(10-21)17-26/h18-24H,1-17H2. The second-order valence-electron chi connectivity index (χ2n) is 12.9. The predicted octanol–water partition coefficient (Wildman–Crippen LogP) is 7.74. The second-order valence-corrected chi connectivity index (χ2v) is 16.3. The molecule has 0 heterocycles. The lowest BCUT2D eigenvalue weighted by atomic mass is 9.55. The molecule has 0 spiro atoms. The summed E-state index contributed by atoms with van der Waals surface area (Å²) in [6, 6.07) is 0. The minimum Gasteiger partial charge on any atom is -0.0907 e. The van der Waals surface area contributed by atoms with Gasteiger partial charge in [0.05, 0.1) is 0 Å². The van der Waals surface area contributed by atoms with Gasteiger partial charge in [-0.3, -0.25) is 0 Å². The van der Waals surface area contributed by atoms with Crippen molar-refractivity contribution in [1.82, 2.24) is 0 Å². The van der Waals surface area contributed by atoms with Gasteiger partial charge in [-0.1, -0.05) is 27.2 Å². The minimum atomic E-state index is 0.273. The third-order valence-corrected chi connectivity index (χ3v) is 15.4. The molecule has 9 saturated carbocycles. The van der Waals surface area contributed by atoms with Crippen molar-refractivity contribution in [1.29, 1.82) is 0 Å². The molecule has 0 aromatic carbocycles. The molecule has 0 amide bonds. The maximum absolute atomic E-state index is 1.71. The van der Waals surface area contributed by atoms with E-state index in [0.29, 0.717) is 0 Å². The van der Waals surface area contributed by atoms with Gasteiger partial charge in [-0.15, -0.1) is 0 Å². The van der Waals surface area contributed by atoms with Crippen LogP contribution in [0.2, 0.25) is 0 Å². The summed E-state index contributed by atoms with van der Waals surface area (Å²) in [6.07, 6.45) is 28.2. The van der Waals surface area contributed by atoms with Crippen LogP contribution in [-0.2, 0) is 0 Å². The number of hydrogen-bond acceptors (Lipinski definition) is 0. The zero-order valence-corrected chi connectivity index (χ0v) is 18.4. The van der Waals surface area contributed by atoms with Crippen molar-refractivity contribution >= 4 is 7.92 Å². The first kappa shape index (κ1) is 17.1. The van der Waals surface area contributed by atoms with Crippen LogP contribution in [0, 0.1) is 35.5 Å². The molecule has 0 radical (unpaired) electrons. The zero-order valence-electron chi connectivity index (χ0n) is 17.5. The SMILES string of the molecule is C1CCC(P(C23CC4CC(CC(C4)C2)C3)C23CC4CC(CC(C4)C2)C3)CC1. The molecule has 9 fully saturated rings. The number of hydrogen-bond donors (Lipinski definition) is 0. The molecule has 9 rings (SSSR count). The molecule has 0 aromatic heterocycles. The van der Waals surface area contributed by atoms with Crippen molar-refractivity contribution in [3.8, 4) is 0 Å². The lowest BCUT2D eigenvalue weighted by Gasteiger charge is -2.69. The fourth-order valence-electron chi connectivity index (χ4n) is 11.3. The molecule has 1 heteroatoms. The summed E-state index contributed by atoms with van der Waals surface area (Å²) in [5.41, 5.74) is 1.20. The van der Waals surface area contributed by atoms with Crippen LogP contribution in [0.5, 0.6) is 0 Å². The highest BCUT2D eigenvalue weighted by atomic mass is 31.1. The smallest absolute Gasteiger partial charge is 0.00790 e. The molecule has 0 N–H and O–H groups in total. The van der Waals surface area contributed by atoms with Gasteiger partial charge < -0.3 is 0 Å². The molecule has 0 aromatic rings. The van der Waals surface area contributed by atoms with Crippen LogP contribution < -0.4 is 0 Å². The summed E-state index contributed by atoms with van der Waals surface area (Å²) in [5, 5.41) is 1.77. The first-order valence-corrected chi connectivity index (χ1v) is 14.4. The lowest BCUT2D eigenvalue weighted by molar-refractivity contribution is 0.0175. The van der Waals surface area contributed by atoms with E-state index >= 15 is 0 Å². The van der Waals surface area contributed by atoms with Gasteiger partial charge in [0, 0.05) is 0 Å². The summed E-state index contributed by atoms with van der Waals surface area (Å²) in [4.78, 5) is 0. The lowest BCUT2D eigenvalue weighted by Crippen LogP contribution is -2.58. The third kappa shape index (κ3) is 2.56. The molecule has 0 saturated heterocycles. The van der Waals surface area contributed by atoms with Crippen molar-refractivity contribution in [2.45, 2.75) is 125 Å². The van der Waals surface area contributed by atoms with Gasteiger partial charge >= 0.3 is 0 Å². The van der Waals surface area contributed by atoms with E-state index in [1.807, 2.05) is 0 Å². The first-order valence-electron chi connectivity index (χ1n) is 13.0. The number of rotatable bonds is 3. The Labute approximate surface area is 168 Å². The van der Waals surface area contributed by atoms with Crippen LogP contribution in [0.4, 0.5) is 0 Å². The first-order chi connectivity index (χ1) is 13.2. The van der Waals surface area contributed by atoms with Gasteiger partial charge in [-0.25, -0.2) is 0 Å². The Bertz CT molecular complexity index is 485. The van der Waals surface area contributed by atoms with Gasteiger partial charge in [0.25, 0.3) is 0 Å². The molecule has 0 atom stereocenters. The molecule has 0 nitrogen and oxygen atoms in total. The second kappa shape index (κ2) is 5.99. The summed E-state index contributed by atoms with van der Waals surface area (Å²) in [5.74, 6) is 6.99. The van der Waals surface area contributed by atoms with Crippen LogP contribution in [0.3, 0.4) is 0 Å². The van der Waals surface area contributed by atoms with Crippen LogP contribution in [0.25, 0.3) is 0 Å². The summed E-state index contributed by atoms with van der Waals surface area (Å²) in [6.45, 7) is 0. The Morgan fingerprint density at radius 1 is 0.444 bits per heavy atom. The van der Waals surface area contributed by atoms with E-state index in [2.05, 4.69) is 0 Å². The fourth-order valence-corrected chi connectivity index (χ4v) is 17.5. The van der Waals surface area contributed by atoms with Crippen molar-refractivity contribution in [3.63, 3.8) is 0 Å². The molecule has 9 aliphatic carbocycles. The molecular weight excluding hydrogens is 343 g/mol. The molecule has 27 heavy (non-hydrogen) atoms. The van der Waals surface area contributed by atoms with E-state index in [4.69, 9.17) is 0 Å². The quantitative estimate of drug-likeness (QED) is 0.437. The Kier molecular flexibility index (Phi) is 3.80. The summed E-state index contributed by atoms with van der Waals surface area (Å²) in [7, 11) is 0.273. The van der Waals surface area contributed by atoms with Crippen molar-refractivity contribution < 1.29 is 0 Å². The van der Waals surface area contributed by atoms with Gasteiger partial charge in [0.2, 0.25) is 0 Å². The van der Waals surface area contributed by atoms with E-state index in [1.165, 1.54) is 41.2 Å². The molecule has 0 unspecified atom stereocenters. The zero-order chi connectivity index (χ0) is 17.6. The van der Waals surface area contributed by atoms with E-state index in [9.17, 15) is 0 Å². The molecule has 9 aliphatic rings. The van der Waals surface area contributed by atoms with Crippen LogP contribution in [-0.4, -0.2) is 16.0 Å². The highest BCUT2D eigenvalue weighted by Gasteiger charge is 2.63. The van der Waals surface area contributed by atoms with Crippen molar-refractivity contribution in [2.24, 2.45) is 35.5 Å². The predicted molar refractivity (Wildman–Crippen MR) is 116 cm³/mol. The fraction of sp³-hybridized carbons (Fsp3) is 1.00. The Morgan fingerprint density at radius 3 is 1.11 bits per heavy atom. The molecule has 150 valence electrons. The third-order valence-electron chi connectivity index (χ3n) is 11.0. The van der Waals surface area contributed by atoms with Crippen molar-refractivity contribution in [3.05, 3.63) is 0 Å². The van der Waals surface area contributed by atoms with Crippen LogP contribution >= 0.6 is 7.92 Å². The van der Waals surface area contributed by atoms with Crippen LogP contribution in [0.15, 0.2) is 0 Å². The summed E-state index contributed by atoms with van der Waals surface area (Å²) >= 11 is 0. The van der Waals surface area contributed by atoms with Gasteiger partial charge in [-0.2, -0.15) is 0 Å². The normalized spacial score (nSPS) is 57.3. The Hall–Kier alpha value is 0.430. The molecule has 0 aliphatic heterocycles. The van der Waals surface area contributed by atoms with E-state index in [1.54, 1.807) is 109 Å². The average Bonchev–Trinajstić information content (AvgIpc) is 2.60. The van der Waals surface area contributed by atoms with Crippen LogP contribution in [0.1, 0.15) is 109 Å². The minimum absolute atomic E-state index is 0.273. The molecular formula is C26H41P. The maximum Gasteiger partial charge on any atom is -0.00790 e. The van der Waals surface area contributed by atoms with Gasteiger partial charge in [-0.05, 0) is 141 Å². The highest BCUT2D eigenvalue weighted by molar-refractivity contribution is 7.61. The summed E-state index contributed by atoms with van der Waals surface area (Å²) < 4.78 is 0. The highest BCUT2D eigenvalue weighted by Crippen LogP contribution is 2.81. The Balaban J connectivity index is 1.31. The van der Waals surface area contributed by atoms with Gasteiger partial charge in [0.1, 0.15) is 0 Å². The van der Waals surface area contributed by atoms with Crippen molar-refractivity contribution in [2.75, 3.05) is 0 Å². The maximum atomic E-state index is 1.71. The average molecular weight is 385 g/mol. The molecule has 8 bridgehead atoms. The Morgan fingerprint density at radius 2 is 0.778 bits per heavy atom. The van der Waals surface area contributed by atoms with E-state index in [0.717, 1.165) is 10.3 Å². The topological polar surface area (TPSA) is 0 Å². The van der Waals surface area contributed by atoms with Gasteiger partial charge in [0.15, 0.2) is 0 Å². The largest absolute Gasteiger partial charge is 0.0907 e. The van der Waals surface area contributed by atoms with E-state index in [-0.39, 0.29) is 7.92 Å². The van der Waals surface area contributed by atoms with E-state index < -0.39 is 0 Å².